The molecule has 0 aromatic rings. The van der Waals surface area contributed by atoms with Crippen LogP contribution in [-0.4, -0.2) is 48.3 Å². The second-order valence-electron chi connectivity index (χ2n) is 5.64. The number of piperidine rings is 1. The van der Waals surface area contributed by atoms with Gasteiger partial charge in [-0.25, -0.2) is 0 Å². The van der Waals surface area contributed by atoms with Crippen molar-refractivity contribution in [3.8, 4) is 0 Å². The normalized spacial score (nSPS) is 27.9. The molecule has 0 aromatic heterocycles. The molecule has 6 heteroatoms. The first-order valence-corrected chi connectivity index (χ1v) is 6.25. The van der Waals surface area contributed by atoms with E-state index in [0.717, 1.165) is 19.4 Å². The fraction of sp³-hybridized carbons (Fsp3) is 0.750. The Morgan fingerprint density at radius 1 is 1.28 bits per heavy atom. The van der Waals surface area contributed by atoms with Gasteiger partial charge in [-0.2, -0.15) is 0 Å². The highest BCUT2D eigenvalue weighted by molar-refractivity contribution is 6.03. The molecule has 0 bridgehead atoms. The molecule has 6 nitrogen and oxygen atoms in total. The van der Waals surface area contributed by atoms with Crippen LogP contribution in [0.25, 0.3) is 0 Å². The van der Waals surface area contributed by atoms with E-state index in [9.17, 15) is 14.4 Å². The van der Waals surface area contributed by atoms with Gasteiger partial charge in [0.2, 0.25) is 17.7 Å². The number of nitrogens with zero attached hydrogens (tertiary/aromatic N) is 1. The van der Waals surface area contributed by atoms with E-state index in [1.807, 2.05) is 13.8 Å². The van der Waals surface area contributed by atoms with Crippen LogP contribution in [0.3, 0.4) is 0 Å². The van der Waals surface area contributed by atoms with Crippen molar-refractivity contribution < 1.29 is 14.4 Å². The van der Waals surface area contributed by atoms with Gasteiger partial charge in [-0.1, -0.05) is 13.8 Å². The maximum Gasteiger partial charge on any atom is 0.246 e. The van der Waals surface area contributed by atoms with Gasteiger partial charge in [-0.05, 0) is 24.8 Å². The zero-order chi connectivity index (χ0) is 13.3. The smallest absolute Gasteiger partial charge is 0.246 e. The van der Waals surface area contributed by atoms with Gasteiger partial charge in [-0.3, -0.25) is 19.7 Å². The lowest BCUT2D eigenvalue weighted by atomic mass is 9.77. The molecule has 2 heterocycles. The van der Waals surface area contributed by atoms with E-state index in [0.29, 0.717) is 0 Å². The van der Waals surface area contributed by atoms with E-state index >= 15 is 0 Å². The van der Waals surface area contributed by atoms with E-state index in [2.05, 4.69) is 10.6 Å². The number of hydrogen-bond acceptors (Lipinski definition) is 4. The van der Waals surface area contributed by atoms with E-state index in [-0.39, 0.29) is 30.5 Å². The Hall–Kier alpha value is -1.43. The summed E-state index contributed by atoms with van der Waals surface area (Å²) in [5, 5.41) is 5.40. The number of imide groups is 1. The predicted octanol–water partition coefficient (Wildman–Crippen LogP) is -0.750. The highest BCUT2D eigenvalue weighted by atomic mass is 16.2. The molecule has 2 fully saturated rings. The second-order valence-corrected chi connectivity index (χ2v) is 5.64. The van der Waals surface area contributed by atoms with Gasteiger partial charge in [0, 0.05) is 0 Å². The zero-order valence-electron chi connectivity index (χ0n) is 10.8. The molecule has 0 aromatic carbocycles. The van der Waals surface area contributed by atoms with Gasteiger partial charge in [0.05, 0.1) is 6.04 Å². The van der Waals surface area contributed by atoms with Crippen molar-refractivity contribution in [2.45, 2.75) is 32.7 Å². The SMILES string of the molecule is CC1(C)CCCNC1C(=O)N1CC(=O)NC(=O)C1. The van der Waals surface area contributed by atoms with E-state index in [1.165, 1.54) is 4.90 Å². The number of carbonyl (C=O) groups is 3. The standard InChI is InChI=1S/C12H19N3O3/c1-12(2)4-3-5-13-10(12)11(18)15-6-8(16)14-9(17)7-15/h10,13H,3-7H2,1-2H3,(H,14,16,17). The first kappa shape index (κ1) is 13.0. The van der Waals surface area contributed by atoms with Gasteiger partial charge in [0.15, 0.2) is 0 Å². The molecule has 0 radical (unpaired) electrons. The number of amides is 3. The fourth-order valence-corrected chi connectivity index (χ4v) is 2.61. The van der Waals surface area contributed by atoms with Gasteiger partial charge in [0.25, 0.3) is 0 Å². The van der Waals surface area contributed by atoms with Crippen LogP contribution < -0.4 is 10.6 Å². The van der Waals surface area contributed by atoms with Crippen molar-refractivity contribution in [1.82, 2.24) is 15.5 Å². The number of rotatable bonds is 1. The van der Waals surface area contributed by atoms with Crippen LogP contribution in [0.2, 0.25) is 0 Å². The summed E-state index contributed by atoms with van der Waals surface area (Å²) in [6.45, 7) is 4.81. The van der Waals surface area contributed by atoms with Crippen LogP contribution in [0.15, 0.2) is 0 Å². The summed E-state index contributed by atoms with van der Waals surface area (Å²) in [6.07, 6.45) is 2.00. The lowest BCUT2D eigenvalue weighted by Gasteiger charge is -2.41. The van der Waals surface area contributed by atoms with Crippen LogP contribution in [0.4, 0.5) is 0 Å². The molecule has 2 aliphatic heterocycles. The van der Waals surface area contributed by atoms with Crippen molar-refractivity contribution in [3.63, 3.8) is 0 Å². The molecule has 1 atom stereocenters. The quantitative estimate of drug-likeness (QED) is 0.603. The van der Waals surface area contributed by atoms with Crippen LogP contribution in [-0.2, 0) is 14.4 Å². The Labute approximate surface area is 106 Å². The molecule has 2 rings (SSSR count). The third kappa shape index (κ3) is 2.53. The molecule has 18 heavy (non-hydrogen) atoms. The summed E-state index contributed by atoms with van der Waals surface area (Å²) >= 11 is 0. The van der Waals surface area contributed by atoms with Gasteiger partial charge in [-0.15, -0.1) is 0 Å². The fourth-order valence-electron chi connectivity index (χ4n) is 2.61. The van der Waals surface area contributed by atoms with Crippen molar-refractivity contribution >= 4 is 17.7 Å². The van der Waals surface area contributed by atoms with Crippen molar-refractivity contribution in [1.29, 1.82) is 0 Å². The topological polar surface area (TPSA) is 78.5 Å². The maximum atomic E-state index is 12.4. The predicted molar refractivity (Wildman–Crippen MR) is 64.5 cm³/mol. The van der Waals surface area contributed by atoms with Crippen LogP contribution in [0.5, 0.6) is 0 Å². The molecular formula is C12H19N3O3. The molecule has 1 unspecified atom stereocenters. The van der Waals surface area contributed by atoms with E-state index in [1.54, 1.807) is 0 Å². The maximum absolute atomic E-state index is 12.4. The molecule has 3 amide bonds. The summed E-state index contributed by atoms with van der Waals surface area (Å²) in [6, 6.07) is -0.315. The summed E-state index contributed by atoms with van der Waals surface area (Å²) in [5.74, 6) is -0.968. The summed E-state index contributed by atoms with van der Waals surface area (Å²) in [5.41, 5.74) is -0.147. The molecule has 2 aliphatic rings. The minimum Gasteiger partial charge on any atom is -0.323 e. The van der Waals surface area contributed by atoms with E-state index in [4.69, 9.17) is 0 Å². The number of carbonyl (C=O) groups excluding carboxylic acids is 3. The third-order valence-electron chi connectivity index (χ3n) is 3.63. The van der Waals surface area contributed by atoms with Crippen molar-refractivity contribution in [3.05, 3.63) is 0 Å². The third-order valence-corrected chi connectivity index (χ3v) is 3.63. The minimum absolute atomic E-state index is 0.0289. The highest BCUT2D eigenvalue weighted by Gasteiger charge is 2.40. The molecule has 0 spiro atoms. The molecule has 0 aliphatic carbocycles. The Kier molecular flexibility index (Phi) is 3.38. The minimum atomic E-state index is -0.409. The zero-order valence-corrected chi connectivity index (χ0v) is 10.8. The summed E-state index contributed by atoms with van der Waals surface area (Å²) < 4.78 is 0. The average molecular weight is 253 g/mol. The van der Waals surface area contributed by atoms with Crippen LogP contribution in [0.1, 0.15) is 26.7 Å². The van der Waals surface area contributed by atoms with E-state index < -0.39 is 11.8 Å². The Morgan fingerprint density at radius 3 is 2.44 bits per heavy atom. The molecule has 2 saturated heterocycles. The average Bonchev–Trinajstić information content (AvgIpc) is 2.26. The largest absolute Gasteiger partial charge is 0.323 e. The molecule has 100 valence electrons. The van der Waals surface area contributed by atoms with Crippen LogP contribution >= 0.6 is 0 Å². The lowest BCUT2D eigenvalue weighted by Crippen LogP contribution is -2.61. The summed E-state index contributed by atoms with van der Waals surface area (Å²) in [7, 11) is 0. The second kappa shape index (κ2) is 4.68. The Morgan fingerprint density at radius 2 is 1.89 bits per heavy atom. The van der Waals surface area contributed by atoms with Gasteiger partial charge < -0.3 is 10.2 Å². The Balaban J connectivity index is 2.10. The first-order chi connectivity index (χ1) is 8.40. The monoisotopic (exact) mass is 253 g/mol. The number of piperazine rings is 1. The lowest BCUT2D eigenvalue weighted by molar-refractivity contribution is -0.148. The molecule has 0 saturated carbocycles. The molecular weight excluding hydrogens is 234 g/mol. The van der Waals surface area contributed by atoms with Crippen molar-refractivity contribution in [2.24, 2.45) is 5.41 Å². The number of hydrogen-bond donors (Lipinski definition) is 2. The number of nitrogens with one attached hydrogen (secondary N) is 2. The van der Waals surface area contributed by atoms with Crippen LogP contribution in [0, 0.1) is 5.41 Å². The molecule has 2 N–H and O–H groups in total. The summed E-state index contributed by atoms with van der Waals surface area (Å²) in [4.78, 5) is 36.3. The highest BCUT2D eigenvalue weighted by Crippen LogP contribution is 2.31. The first-order valence-electron chi connectivity index (χ1n) is 6.25. The Bertz CT molecular complexity index is 376. The van der Waals surface area contributed by atoms with Gasteiger partial charge in [0.1, 0.15) is 13.1 Å². The van der Waals surface area contributed by atoms with Crippen molar-refractivity contribution in [2.75, 3.05) is 19.6 Å². The van der Waals surface area contributed by atoms with Gasteiger partial charge >= 0.3 is 0 Å².